The predicted molar refractivity (Wildman–Crippen MR) is 46.5 cm³/mol. The van der Waals surface area contributed by atoms with Gasteiger partial charge in [-0.15, -0.1) is 0 Å². The third-order valence-corrected chi connectivity index (χ3v) is 6.04. The second kappa shape index (κ2) is 4.67. The van der Waals surface area contributed by atoms with Gasteiger partial charge in [0.25, 0.3) is 6.57 Å². The number of hydrogen-bond donors (Lipinski definition) is 0. The van der Waals surface area contributed by atoms with Crippen molar-refractivity contribution in [3.63, 3.8) is 0 Å². The van der Waals surface area contributed by atoms with Crippen LogP contribution in [0.2, 0.25) is 0 Å². The third kappa shape index (κ3) is 5.34. The van der Waals surface area contributed by atoms with Gasteiger partial charge in [-0.3, -0.25) is 4.57 Å². The molecular formula is C4H11O2PS2. The van der Waals surface area contributed by atoms with E-state index in [-0.39, 0.29) is 0 Å². The van der Waals surface area contributed by atoms with Crippen molar-refractivity contribution in [2.45, 2.75) is 0 Å². The maximum atomic E-state index is 11.1. The quantitative estimate of drug-likeness (QED) is 0.498. The highest BCUT2D eigenvalue weighted by Gasteiger charge is 2.12. The van der Waals surface area contributed by atoms with Gasteiger partial charge >= 0.3 is 0 Å². The minimum absolute atomic E-state index is 0.835. The average Bonchev–Trinajstić information content (AvgIpc) is 1.84. The Morgan fingerprint density at radius 3 is 2.56 bits per heavy atom. The van der Waals surface area contributed by atoms with Gasteiger partial charge in [0.15, 0.2) is 0 Å². The minimum Gasteiger partial charge on any atom is -0.325 e. The summed E-state index contributed by atoms with van der Waals surface area (Å²) in [6, 6.07) is 0. The first-order chi connectivity index (χ1) is 4.12. The Balaban J connectivity index is 3.46. The first kappa shape index (κ1) is 9.89. The highest BCUT2D eigenvalue weighted by molar-refractivity contribution is 8.58. The molecule has 0 heterocycles. The zero-order chi connectivity index (χ0) is 7.33. The van der Waals surface area contributed by atoms with Gasteiger partial charge in [-0.05, 0) is 6.26 Å². The maximum Gasteiger partial charge on any atom is 0.255 e. The summed E-state index contributed by atoms with van der Waals surface area (Å²) in [5, 5.41) is 0.835. The summed E-state index contributed by atoms with van der Waals surface area (Å²) in [5.74, 6) is 0. The van der Waals surface area contributed by atoms with Crippen molar-refractivity contribution in [2.75, 3.05) is 25.1 Å². The first-order valence-electron chi connectivity index (χ1n) is 2.39. The lowest BCUT2D eigenvalue weighted by molar-refractivity contribution is 0.414. The molecule has 0 aromatic carbocycles. The van der Waals surface area contributed by atoms with Crippen LogP contribution in [-0.2, 0) is 9.09 Å². The molecule has 5 heteroatoms. The summed E-state index contributed by atoms with van der Waals surface area (Å²) < 4.78 is 15.8. The zero-order valence-corrected chi connectivity index (χ0v) is 8.31. The summed E-state index contributed by atoms with van der Waals surface area (Å²) in [6.07, 6.45) is 1.97. The van der Waals surface area contributed by atoms with Crippen molar-refractivity contribution < 1.29 is 9.09 Å². The third-order valence-electron chi connectivity index (χ3n) is 0.737. The van der Waals surface area contributed by atoms with Gasteiger partial charge in [-0.2, -0.15) is 11.8 Å². The minimum atomic E-state index is -2.29. The Kier molecular flexibility index (Phi) is 5.13. The standard InChI is InChI=1S/C4H11O2PS2/c1-6-7(2,5)9-4-8-3/h4H2,1-3H3. The molecule has 0 rings (SSSR count). The molecule has 0 bridgehead atoms. The number of thioether (sulfide) groups is 1. The van der Waals surface area contributed by atoms with E-state index in [1.54, 1.807) is 18.4 Å². The fourth-order valence-corrected chi connectivity index (χ4v) is 4.48. The van der Waals surface area contributed by atoms with Gasteiger partial charge < -0.3 is 4.52 Å². The van der Waals surface area contributed by atoms with E-state index >= 15 is 0 Å². The molecule has 0 spiro atoms. The lowest BCUT2D eigenvalue weighted by atomic mass is 11.8. The topological polar surface area (TPSA) is 26.3 Å². The van der Waals surface area contributed by atoms with E-state index < -0.39 is 6.57 Å². The molecule has 0 saturated heterocycles. The lowest BCUT2D eigenvalue weighted by Gasteiger charge is -2.06. The average molecular weight is 186 g/mol. The van der Waals surface area contributed by atoms with Gasteiger partial charge in [0.2, 0.25) is 0 Å². The van der Waals surface area contributed by atoms with Gasteiger partial charge in [0, 0.05) is 18.9 Å². The molecule has 0 aromatic rings. The summed E-state index contributed by atoms with van der Waals surface area (Å²) >= 11 is 3.03. The molecule has 0 fully saturated rings. The van der Waals surface area contributed by atoms with E-state index in [0.717, 1.165) is 5.08 Å². The molecule has 1 unspecified atom stereocenters. The van der Waals surface area contributed by atoms with E-state index in [1.807, 2.05) is 6.26 Å². The largest absolute Gasteiger partial charge is 0.325 e. The van der Waals surface area contributed by atoms with Crippen LogP contribution in [-0.4, -0.2) is 25.1 Å². The maximum absolute atomic E-state index is 11.1. The van der Waals surface area contributed by atoms with E-state index in [1.165, 1.54) is 18.5 Å². The molecular weight excluding hydrogens is 175 g/mol. The normalized spacial score (nSPS) is 17.2. The zero-order valence-electron chi connectivity index (χ0n) is 5.79. The molecule has 1 atom stereocenters. The Labute approximate surface area is 64.3 Å². The Hall–Kier alpha value is 0.890. The van der Waals surface area contributed by atoms with Crippen molar-refractivity contribution in [3.05, 3.63) is 0 Å². The van der Waals surface area contributed by atoms with Crippen LogP contribution in [0.4, 0.5) is 0 Å². The van der Waals surface area contributed by atoms with Gasteiger partial charge in [-0.1, -0.05) is 11.4 Å². The van der Waals surface area contributed by atoms with Gasteiger partial charge in [0.05, 0.1) is 0 Å². The fraction of sp³-hybridized carbons (Fsp3) is 1.00. The number of hydrogen-bond acceptors (Lipinski definition) is 4. The highest BCUT2D eigenvalue weighted by atomic mass is 32.7. The van der Waals surface area contributed by atoms with Crippen LogP contribution < -0.4 is 0 Å². The van der Waals surface area contributed by atoms with E-state index in [2.05, 4.69) is 0 Å². The molecule has 0 aliphatic heterocycles. The van der Waals surface area contributed by atoms with Crippen LogP contribution in [0, 0.1) is 0 Å². The van der Waals surface area contributed by atoms with Crippen LogP contribution in [0.15, 0.2) is 0 Å². The molecule has 0 N–H and O–H groups in total. The Bertz CT molecular complexity index is 117. The smallest absolute Gasteiger partial charge is 0.255 e. The van der Waals surface area contributed by atoms with Crippen LogP contribution in [0.3, 0.4) is 0 Å². The molecule has 0 saturated carbocycles. The fourth-order valence-electron chi connectivity index (χ4n) is 0.201. The summed E-state index contributed by atoms with van der Waals surface area (Å²) in [4.78, 5) is 0. The molecule has 56 valence electrons. The first-order valence-corrected chi connectivity index (χ1v) is 7.45. The van der Waals surface area contributed by atoms with Crippen LogP contribution in [0.1, 0.15) is 0 Å². The molecule has 0 aliphatic carbocycles. The second-order valence-electron chi connectivity index (χ2n) is 1.49. The van der Waals surface area contributed by atoms with Crippen LogP contribution in [0.5, 0.6) is 0 Å². The summed E-state index contributed by atoms with van der Waals surface area (Å²) in [5.41, 5.74) is 0. The molecule has 0 aliphatic rings. The Morgan fingerprint density at radius 2 is 2.22 bits per heavy atom. The van der Waals surface area contributed by atoms with Crippen molar-refractivity contribution >= 4 is 29.7 Å². The van der Waals surface area contributed by atoms with Crippen molar-refractivity contribution in [3.8, 4) is 0 Å². The van der Waals surface area contributed by atoms with E-state index in [4.69, 9.17) is 4.52 Å². The molecule has 9 heavy (non-hydrogen) atoms. The predicted octanol–water partition coefficient (Wildman–Crippen LogP) is 2.51. The van der Waals surface area contributed by atoms with Gasteiger partial charge in [0.1, 0.15) is 0 Å². The molecule has 2 nitrogen and oxygen atoms in total. The van der Waals surface area contributed by atoms with Crippen LogP contribution in [0.25, 0.3) is 0 Å². The second-order valence-corrected chi connectivity index (χ2v) is 7.94. The van der Waals surface area contributed by atoms with E-state index in [0.29, 0.717) is 0 Å². The highest BCUT2D eigenvalue weighted by Crippen LogP contribution is 2.56. The van der Waals surface area contributed by atoms with E-state index in [9.17, 15) is 4.57 Å². The summed E-state index contributed by atoms with van der Waals surface area (Å²) in [6.45, 7) is -0.661. The summed E-state index contributed by atoms with van der Waals surface area (Å²) in [7, 11) is 1.48. The molecule has 0 aromatic heterocycles. The monoisotopic (exact) mass is 186 g/mol. The molecule has 0 amide bonds. The van der Waals surface area contributed by atoms with Crippen LogP contribution >= 0.6 is 29.7 Å². The van der Waals surface area contributed by atoms with Crippen molar-refractivity contribution in [2.24, 2.45) is 0 Å². The van der Waals surface area contributed by atoms with Crippen molar-refractivity contribution in [1.29, 1.82) is 0 Å². The molecule has 0 radical (unpaired) electrons. The van der Waals surface area contributed by atoms with Gasteiger partial charge in [-0.25, -0.2) is 0 Å². The number of rotatable bonds is 4. The van der Waals surface area contributed by atoms with Crippen molar-refractivity contribution in [1.82, 2.24) is 0 Å². The lowest BCUT2D eigenvalue weighted by Crippen LogP contribution is -1.76. The Morgan fingerprint density at radius 1 is 1.67 bits per heavy atom. The SMILES string of the molecule is COP(C)(=O)SCSC.